The number of hydrogen-bond acceptors (Lipinski definition) is 5. The topological polar surface area (TPSA) is 159 Å². The molecule has 0 spiro atoms. The van der Waals surface area contributed by atoms with Gasteiger partial charge < -0.3 is 27.0 Å². The van der Waals surface area contributed by atoms with E-state index in [9.17, 15) is 24.0 Å². The number of rotatable bonds is 9. The van der Waals surface area contributed by atoms with Gasteiger partial charge in [0.15, 0.2) is 0 Å². The molecule has 0 atom stereocenters. The third-order valence-electron chi connectivity index (χ3n) is 6.62. The maximum Gasteiger partial charge on any atom is 0.255 e. The Morgan fingerprint density at radius 2 is 0.622 bits per heavy atom. The van der Waals surface area contributed by atoms with Gasteiger partial charge in [-0.3, -0.25) is 24.0 Å². The first-order valence-corrected chi connectivity index (χ1v) is 13.8. The minimum absolute atomic E-state index is 0.0225. The zero-order chi connectivity index (χ0) is 31.8. The van der Waals surface area contributed by atoms with Crippen LogP contribution in [0.5, 0.6) is 0 Å². The highest BCUT2D eigenvalue weighted by Gasteiger charge is 2.16. The van der Waals surface area contributed by atoms with E-state index in [4.69, 9.17) is 5.73 Å². The molecule has 0 aliphatic rings. The van der Waals surface area contributed by atoms with Crippen molar-refractivity contribution in [3.8, 4) is 0 Å². The predicted molar refractivity (Wildman–Crippen MR) is 173 cm³/mol. The second kappa shape index (κ2) is 13.6. The van der Waals surface area contributed by atoms with Crippen LogP contribution in [0.25, 0.3) is 0 Å². The summed E-state index contributed by atoms with van der Waals surface area (Å²) in [6, 6.07) is 34.4. The molecule has 5 amide bonds. The molecule has 0 heterocycles. The van der Waals surface area contributed by atoms with Crippen LogP contribution in [0.15, 0.2) is 127 Å². The lowest BCUT2D eigenvalue weighted by molar-refractivity contribution is 0.0995. The van der Waals surface area contributed by atoms with Crippen LogP contribution in [0.2, 0.25) is 0 Å². The molecule has 0 radical (unpaired) electrons. The van der Waals surface area contributed by atoms with Gasteiger partial charge >= 0.3 is 0 Å². The van der Waals surface area contributed by atoms with Crippen LogP contribution in [-0.2, 0) is 0 Å². The van der Waals surface area contributed by atoms with Gasteiger partial charge in [0.2, 0.25) is 5.91 Å². The third-order valence-corrected chi connectivity index (χ3v) is 6.62. The summed E-state index contributed by atoms with van der Waals surface area (Å²) < 4.78 is 0. The first kappa shape index (κ1) is 29.9. The molecule has 45 heavy (non-hydrogen) atoms. The van der Waals surface area contributed by atoms with E-state index in [1.807, 2.05) is 12.1 Å². The van der Waals surface area contributed by atoms with Gasteiger partial charge in [-0.05, 0) is 91.0 Å². The SMILES string of the molecule is NC(=O)c1cc(C(=O)Nc2ccc(NC(=O)c3ccccc3)cc2)cc(C(=O)Nc2ccc(NC(=O)c3ccccc3)cc2)c1. The summed E-state index contributed by atoms with van der Waals surface area (Å²) in [5.74, 6) is -2.51. The van der Waals surface area contributed by atoms with Gasteiger partial charge in [0.1, 0.15) is 0 Å². The Kier molecular flexibility index (Phi) is 9.05. The molecular formula is C35H27N5O5. The maximum absolute atomic E-state index is 13.1. The molecule has 0 aromatic heterocycles. The summed E-state index contributed by atoms with van der Waals surface area (Å²) in [5.41, 5.74) is 8.46. The Bertz CT molecular complexity index is 1750. The van der Waals surface area contributed by atoms with Crippen LogP contribution in [0.1, 0.15) is 51.8 Å². The van der Waals surface area contributed by atoms with Crippen molar-refractivity contribution in [3.05, 3.63) is 155 Å². The highest BCUT2D eigenvalue weighted by Crippen LogP contribution is 2.19. The standard InChI is InChI=1S/C35H27N5O5/c36-31(41)24-19-25(34(44)39-29-15-11-27(12-16-29)37-32(42)22-7-3-1-4-8-22)21-26(20-24)35(45)40-30-17-13-28(14-18-30)38-33(43)23-9-5-2-6-10-23/h1-21H,(H2,36,41)(H,37,42)(H,38,43)(H,39,44)(H,40,45). The van der Waals surface area contributed by atoms with Crippen LogP contribution < -0.4 is 27.0 Å². The average Bonchev–Trinajstić information content (AvgIpc) is 3.07. The van der Waals surface area contributed by atoms with Crippen molar-refractivity contribution in [1.29, 1.82) is 0 Å². The van der Waals surface area contributed by atoms with E-state index in [1.54, 1.807) is 97.1 Å². The number of nitrogens with one attached hydrogen (secondary N) is 4. The Morgan fingerprint density at radius 3 is 0.911 bits per heavy atom. The number of nitrogens with two attached hydrogens (primary N) is 1. The number of carbonyl (C=O) groups is 5. The molecule has 0 fully saturated rings. The summed E-state index contributed by atoms with van der Waals surface area (Å²) in [5, 5.41) is 11.0. The van der Waals surface area contributed by atoms with Crippen molar-refractivity contribution in [1.82, 2.24) is 0 Å². The lowest BCUT2D eigenvalue weighted by Gasteiger charge is -2.11. The molecule has 0 aliphatic carbocycles. The van der Waals surface area contributed by atoms with Crippen LogP contribution in [0.3, 0.4) is 0 Å². The molecule has 5 aromatic carbocycles. The monoisotopic (exact) mass is 597 g/mol. The molecule has 0 unspecified atom stereocenters. The molecular weight excluding hydrogens is 570 g/mol. The Labute approximate surface area is 258 Å². The van der Waals surface area contributed by atoms with E-state index in [0.717, 1.165) is 0 Å². The van der Waals surface area contributed by atoms with Crippen molar-refractivity contribution in [3.63, 3.8) is 0 Å². The Hall–Kier alpha value is -6.55. The molecule has 222 valence electrons. The number of hydrogen-bond donors (Lipinski definition) is 5. The van der Waals surface area contributed by atoms with Gasteiger partial charge in [0.05, 0.1) is 0 Å². The normalized spacial score (nSPS) is 10.3. The summed E-state index contributed by atoms with van der Waals surface area (Å²) >= 11 is 0. The largest absolute Gasteiger partial charge is 0.366 e. The van der Waals surface area contributed by atoms with Crippen molar-refractivity contribution >= 4 is 52.3 Å². The van der Waals surface area contributed by atoms with E-state index in [1.165, 1.54) is 18.2 Å². The number of amides is 5. The van der Waals surface area contributed by atoms with Gasteiger partial charge in [0, 0.05) is 50.6 Å². The quantitative estimate of drug-likeness (QED) is 0.145. The van der Waals surface area contributed by atoms with Crippen LogP contribution >= 0.6 is 0 Å². The van der Waals surface area contributed by atoms with E-state index in [2.05, 4.69) is 21.3 Å². The molecule has 10 nitrogen and oxygen atoms in total. The second-order valence-corrected chi connectivity index (χ2v) is 9.87. The van der Waals surface area contributed by atoms with Crippen molar-refractivity contribution in [2.24, 2.45) is 5.73 Å². The minimum Gasteiger partial charge on any atom is -0.366 e. The van der Waals surface area contributed by atoms with E-state index >= 15 is 0 Å². The zero-order valence-electron chi connectivity index (χ0n) is 23.7. The second-order valence-electron chi connectivity index (χ2n) is 9.87. The highest BCUT2D eigenvalue weighted by atomic mass is 16.2. The highest BCUT2D eigenvalue weighted by molar-refractivity contribution is 6.11. The van der Waals surface area contributed by atoms with E-state index in [0.29, 0.717) is 33.9 Å². The number of benzene rings is 5. The molecule has 0 saturated heterocycles. The van der Waals surface area contributed by atoms with Crippen molar-refractivity contribution < 1.29 is 24.0 Å². The molecule has 0 bridgehead atoms. The van der Waals surface area contributed by atoms with Gasteiger partial charge in [-0.15, -0.1) is 0 Å². The van der Waals surface area contributed by atoms with Gasteiger partial charge in [-0.25, -0.2) is 0 Å². The van der Waals surface area contributed by atoms with Crippen LogP contribution in [0, 0.1) is 0 Å². The first-order valence-electron chi connectivity index (χ1n) is 13.8. The summed E-state index contributed by atoms with van der Waals surface area (Å²) in [7, 11) is 0. The van der Waals surface area contributed by atoms with Crippen LogP contribution in [0.4, 0.5) is 22.7 Å². The molecule has 5 rings (SSSR count). The smallest absolute Gasteiger partial charge is 0.255 e. The Balaban J connectivity index is 1.24. The number of primary amides is 1. The van der Waals surface area contributed by atoms with Crippen molar-refractivity contribution in [2.75, 3.05) is 21.3 Å². The zero-order valence-corrected chi connectivity index (χ0v) is 23.7. The Morgan fingerprint density at radius 1 is 0.356 bits per heavy atom. The fourth-order valence-corrected chi connectivity index (χ4v) is 4.30. The molecule has 6 N–H and O–H groups in total. The summed E-state index contributed by atoms with van der Waals surface area (Å²) in [6.07, 6.45) is 0. The fourth-order valence-electron chi connectivity index (χ4n) is 4.30. The summed E-state index contributed by atoms with van der Waals surface area (Å²) in [6.45, 7) is 0. The molecule has 0 aliphatic heterocycles. The van der Waals surface area contributed by atoms with Crippen molar-refractivity contribution in [2.45, 2.75) is 0 Å². The van der Waals surface area contributed by atoms with E-state index in [-0.39, 0.29) is 28.5 Å². The molecule has 10 heteroatoms. The average molecular weight is 598 g/mol. The molecule has 5 aromatic rings. The number of anilines is 4. The predicted octanol–water partition coefficient (Wildman–Crippen LogP) is 5.79. The lowest BCUT2D eigenvalue weighted by atomic mass is 10.0. The molecule has 0 saturated carbocycles. The van der Waals surface area contributed by atoms with Gasteiger partial charge in [-0.2, -0.15) is 0 Å². The lowest BCUT2D eigenvalue weighted by Crippen LogP contribution is -2.19. The minimum atomic E-state index is -0.810. The first-order chi connectivity index (χ1) is 21.7. The summed E-state index contributed by atoms with van der Waals surface area (Å²) in [4.78, 5) is 63.0. The fraction of sp³-hybridized carbons (Fsp3) is 0. The van der Waals surface area contributed by atoms with Gasteiger partial charge in [0.25, 0.3) is 23.6 Å². The van der Waals surface area contributed by atoms with Crippen LogP contribution in [-0.4, -0.2) is 29.5 Å². The maximum atomic E-state index is 13.1. The van der Waals surface area contributed by atoms with Gasteiger partial charge in [-0.1, -0.05) is 36.4 Å². The number of carbonyl (C=O) groups excluding carboxylic acids is 5. The third kappa shape index (κ3) is 7.85. The van der Waals surface area contributed by atoms with E-state index < -0.39 is 17.7 Å².